The number of hydrogen-bond donors (Lipinski definition) is 1. The average molecular weight is 287 g/mol. The first kappa shape index (κ1) is 15.6. The minimum atomic E-state index is 0.183. The predicted molar refractivity (Wildman–Crippen MR) is 85.4 cm³/mol. The number of ether oxygens (including phenoxy) is 1. The zero-order valence-corrected chi connectivity index (χ0v) is 13.2. The van der Waals surface area contributed by atoms with Crippen LogP contribution in [0.4, 0.5) is 0 Å². The summed E-state index contributed by atoms with van der Waals surface area (Å²) < 4.78 is 7.86. The molecule has 0 amide bonds. The second-order valence-corrected chi connectivity index (χ2v) is 5.41. The first-order chi connectivity index (χ1) is 10.1. The Labute approximate surface area is 126 Å². The van der Waals surface area contributed by atoms with E-state index in [2.05, 4.69) is 37.1 Å². The van der Waals surface area contributed by atoms with E-state index in [4.69, 9.17) is 10.5 Å². The van der Waals surface area contributed by atoms with Gasteiger partial charge in [-0.2, -0.15) is 5.10 Å². The zero-order valence-electron chi connectivity index (χ0n) is 13.2. The normalized spacial score (nSPS) is 12.4. The first-order valence-corrected chi connectivity index (χ1v) is 7.65. The monoisotopic (exact) mass is 287 g/mol. The molecular weight excluding hydrogens is 262 g/mol. The molecular formula is C17H25N3O. The van der Waals surface area contributed by atoms with Crippen LogP contribution in [0, 0.1) is 0 Å². The number of aryl methyl sites for hydroxylation is 2. The van der Waals surface area contributed by atoms with Crippen LogP contribution in [0.5, 0.6) is 5.75 Å². The zero-order chi connectivity index (χ0) is 15.2. The maximum absolute atomic E-state index is 5.86. The van der Waals surface area contributed by atoms with Gasteiger partial charge in [0.1, 0.15) is 12.4 Å². The summed E-state index contributed by atoms with van der Waals surface area (Å²) in [6.07, 6.45) is 1.84. The average Bonchev–Trinajstić information content (AvgIpc) is 2.88. The summed E-state index contributed by atoms with van der Waals surface area (Å²) in [6.45, 7) is 7.64. The van der Waals surface area contributed by atoms with Gasteiger partial charge in [-0.25, -0.2) is 0 Å². The second kappa shape index (κ2) is 7.27. The lowest BCUT2D eigenvalue weighted by molar-refractivity contribution is 0.292. The summed E-state index contributed by atoms with van der Waals surface area (Å²) in [5, 5.41) is 4.53. The van der Waals surface area contributed by atoms with E-state index in [1.165, 1.54) is 5.56 Å². The molecule has 0 aliphatic heterocycles. The molecule has 1 aromatic heterocycles. The highest BCUT2D eigenvalue weighted by molar-refractivity contribution is 5.28. The molecule has 1 aromatic carbocycles. The quantitative estimate of drug-likeness (QED) is 0.852. The van der Waals surface area contributed by atoms with Gasteiger partial charge in [-0.3, -0.25) is 4.68 Å². The molecule has 0 saturated heterocycles. The van der Waals surface area contributed by atoms with Crippen LogP contribution in [0.15, 0.2) is 30.3 Å². The van der Waals surface area contributed by atoms with Crippen LogP contribution in [0.1, 0.15) is 37.7 Å². The Morgan fingerprint density at radius 2 is 1.95 bits per heavy atom. The lowest BCUT2D eigenvalue weighted by Crippen LogP contribution is -2.17. The Balaban J connectivity index is 1.98. The fourth-order valence-corrected chi connectivity index (χ4v) is 2.33. The minimum absolute atomic E-state index is 0.183. The minimum Gasteiger partial charge on any atom is -0.487 e. The van der Waals surface area contributed by atoms with Crippen LogP contribution in [-0.2, 0) is 26.0 Å². The number of hydrogen-bond acceptors (Lipinski definition) is 3. The summed E-state index contributed by atoms with van der Waals surface area (Å²) in [5.41, 5.74) is 9.28. The van der Waals surface area contributed by atoms with Crippen molar-refractivity contribution in [2.45, 2.75) is 52.8 Å². The molecule has 114 valence electrons. The number of nitrogens with two attached hydrogens (primary N) is 1. The van der Waals surface area contributed by atoms with E-state index >= 15 is 0 Å². The number of nitrogens with zero attached hydrogens (tertiary/aromatic N) is 2. The van der Waals surface area contributed by atoms with Gasteiger partial charge in [0.25, 0.3) is 0 Å². The van der Waals surface area contributed by atoms with Crippen molar-refractivity contribution in [3.8, 4) is 5.75 Å². The number of benzene rings is 1. The van der Waals surface area contributed by atoms with Gasteiger partial charge in [0, 0.05) is 12.6 Å². The Bertz CT molecular complexity index is 558. The topological polar surface area (TPSA) is 53.1 Å². The summed E-state index contributed by atoms with van der Waals surface area (Å²) in [6, 6.07) is 10.5. The van der Waals surface area contributed by atoms with E-state index in [9.17, 15) is 0 Å². The van der Waals surface area contributed by atoms with E-state index < -0.39 is 0 Å². The van der Waals surface area contributed by atoms with Crippen molar-refractivity contribution in [1.29, 1.82) is 0 Å². The fraction of sp³-hybridized carbons (Fsp3) is 0.471. The summed E-state index contributed by atoms with van der Waals surface area (Å²) in [5.74, 6) is 0.880. The van der Waals surface area contributed by atoms with E-state index in [0.717, 1.165) is 36.5 Å². The van der Waals surface area contributed by atoms with Gasteiger partial charge < -0.3 is 10.5 Å². The molecule has 2 rings (SSSR count). The van der Waals surface area contributed by atoms with Gasteiger partial charge in [-0.15, -0.1) is 0 Å². The molecule has 2 N–H and O–H groups in total. The smallest absolute Gasteiger partial charge is 0.130 e. The van der Waals surface area contributed by atoms with E-state index in [-0.39, 0.29) is 6.04 Å². The molecule has 0 aliphatic carbocycles. The van der Waals surface area contributed by atoms with Crippen LogP contribution < -0.4 is 10.5 Å². The van der Waals surface area contributed by atoms with Crippen LogP contribution >= 0.6 is 0 Å². The molecule has 4 nitrogen and oxygen atoms in total. The molecule has 0 saturated carbocycles. The maximum atomic E-state index is 5.86. The molecule has 4 heteroatoms. The predicted octanol–water partition coefficient (Wildman–Crippen LogP) is 2.93. The molecule has 1 atom stereocenters. The molecule has 0 fully saturated rings. The first-order valence-electron chi connectivity index (χ1n) is 7.65. The van der Waals surface area contributed by atoms with Crippen LogP contribution in [-0.4, -0.2) is 15.8 Å². The highest BCUT2D eigenvalue weighted by atomic mass is 16.5. The molecule has 0 spiro atoms. The standard InChI is InChI=1S/C17H25N3O/c1-4-15-11-16(20(5-2)19-15)12-21-17-8-6-14(7-9-17)10-13(3)18/h6-9,11,13H,4-5,10,12,18H2,1-3H3. The van der Waals surface area contributed by atoms with Crippen molar-refractivity contribution in [1.82, 2.24) is 9.78 Å². The van der Waals surface area contributed by atoms with E-state index in [1.807, 2.05) is 23.7 Å². The highest BCUT2D eigenvalue weighted by Gasteiger charge is 2.06. The highest BCUT2D eigenvalue weighted by Crippen LogP contribution is 2.16. The van der Waals surface area contributed by atoms with Crippen molar-refractivity contribution in [2.75, 3.05) is 0 Å². The van der Waals surface area contributed by atoms with Crippen molar-refractivity contribution >= 4 is 0 Å². The van der Waals surface area contributed by atoms with Gasteiger partial charge in [0.05, 0.1) is 11.4 Å². The third-order valence-electron chi connectivity index (χ3n) is 3.44. The lowest BCUT2D eigenvalue weighted by Gasteiger charge is -2.09. The Kier molecular flexibility index (Phi) is 5.39. The van der Waals surface area contributed by atoms with Crippen molar-refractivity contribution in [3.63, 3.8) is 0 Å². The third-order valence-corrected chi connectivity index (χ3v) is 3.44. The Morgan fingerprint density at radius 1 is 1.24 bits per heavy atom. The fourth-order valence-electron chi connectivity index (χ4n) is 2.33. The molecule has 2 aromatic rings. The molecule has 0 radical (unpaired) electrons. The number of rotatable bonds is 7. The SMILES string of the molecule is CCc1cc(COc2ccc(CC(C)N)cc2)n(CC)n1. The number of aromatic nitrogens is 2. The maximum Gasteiger partial charge on any atom is 0.130 e. The Hall–Kier alpha value is -1.81. The molecule has 0 aliphatic rings. The molecule has 1 heterocycles. The van der Waals surface area contributed by atoms with Gasteiger partial charge in [0.2, 0.25) is 0 Å². The van der Waals surface area contributed by atoms with Gasteiger partial charge in [-0.05, 0) is 50.5 Å². The van der Waals surface area contributed by atoms with E-state index in [0.29, 0.717) is 6.61 Å². The van der Waals surface area contributed by atoms with Crippen molar-refractivity contribution < 1.29 is 4.74 Å². The summed E-state index contributed by atoms with van der Waals surface area (Å²) in [4.78, 5) is 0. The van der Waals surface area contributed by atoms with Gasteiger partial charge in [0.15, 0.2) is 0 Å². The van der Waals surface area contributed by atoms with Gasteiger partial charge >= 0.3 is 0 Å². The summed E-state index contributed by atoms with van der Waals surface area (Å²) >= 11 is 0. The van der Waals surface area contributed by atoms with Crippen LogP contribution in [0.2, 0.25) is 0 Å². The van der Waals surface area contributed by atoms with Crippen molar-refractivity contribution in [3.05, 3.63) is 47.3 Å². The van der Waals surface area contributed by atoms with Crippen LogP contribution in [0.25, 0.3) is 0 Å². The van der Waals surface area contributed by atoms with Crippen molar-refractivity contribution in [2.24, 2.45) is 5.73 Å². The van der Waals surface area contributed by atoms with Crippen LogP contribution in [0.3, 0.4) is 0 Å². The van der Waals surface area contributed by atoms with E-state index in [1.54, 1.807) is 0 Å². The van der Waals surface area contributed by atoms with Gasteiger partial charge in [-0.1, -0.05) is 19.1 Å². The lowest BCUT2D eigenvalue weighted by atomic mass is 10.1. The molecule has 21 heavy (non-hydrogen) atoms. The largest absolute Gasteiger partial charge is 0.487 e. The molecule has 1 unspecified atom stereocenters. The third kappa shape index (κ3) is 4.33. The Morgan fingerprint density at radius 3 is 2.52 bits per heavy atom. The second-order valence-electron chi connectivity index (χ2n) is 5.41. The molecule has 0 bridgehead atoms. The summed E-state index contributed by atoms with van der Waals surface area (Å²) in [7, 11) is 0.